The monoisotopic (exact) mass is 385 g/mol. The minimum Gasteiger partial charge on any atom is -0.452 e. The molecule has 0 aliphatic carbocycles. The molecule has 0 atom stereocenters. The molecule has 0 aliphatic rings. The predicted molar refractivity (Wildman–Crippen MR) is 102 cm³/mol. The molecule has 140 valence electrons. The molecule has 0 bridgehead atoms. The summed E-state index contributed by atoms with van der Waals surface area (Å²) in [7, 11) is 0. The van der Waals surface area contributed by atoms with E-state index in [9.17, 15) is 9.59 Å². The Hall–Kier alpha value is -3.00. The van der Waals surface area contributed by atoms with E-state index in [1.54, 1.807) is 6.92 Å². The van der Waals surface area contributed by atoms with E-state index < -0.39 is 18.5 Å². The minimum atomic E-state index is -0.625. The molecule has 3 rings (SSSR count). The minimum absolute atomic E-state index is 0.279. The van der Waals surface area contributed by atoms with Crippen LogP contribution in [0.25, 0.3) is 11.3 Å². The van der Waals surface area contributed by atoms with Crippen LogP contribution in [0.4, 0.5) is 5.13 Å². The maximum Gasteiger partial charge on any atom is 0.344 e. The average molecular weight is 385 g/mol. The molecule has 1 aromatic carbocycles. The van der Waals surface area contributed by atoms with Crippen LogP contribution in [0.3, 0.4) is 0 Å². The van der Waals surface area contributed by atoms with Crippen LogP contribution in [0.5, 0.6) is 0 Å². The number of rotatable bonds is 6. The summed E-state index contributed by atoms with van der Waals surface area (Å²) in [6.07, 6.45) is 0.537. The number of amides is 1. The largest absolute Gasteiger partial charge is 0.452 e. The predicted octanol–water partition coefficient (Wildman–Crippen LogP) is 3.77. The van der Waals surface area contributed by atoms with E-state index in [1.807, 2.05) is 43.5 Å². The summed E-state index contributed by atoms with van der Waals surface area (Å²) in [4.78, 5) is 28.6. The van der Waals surface area contributed by atoms with Gasteiger partial charge in [0.15, 0.2) is 11.7 Å². The zero-order chi connectivity index (χ0) is 19.4. The number of nitrogens with one attached hydrogen (secondary N) is 1. The van der Waals surface area contributed by atoms with Crippen LogP contribution in [0.15, 0.2) is 34.2 Å². The second kappa shape index (κ2) is 8.13. The van der Waals surface area contributed by atoms with Crippen LogP contribution >= 0.6 is 11.3 Å². The maximum absolute atomic E-state index is 12.2. The molecule has 8 heteroatoms. The van der Waals surface area contributed by atoms with Crippen LogP contribution in [0.1, 0.15) is 34.3 Å². The Kier molecular flexibility index (Phi) is 5.66. The van der Waals surface area contributed by atoms with Gasteiger partial charge >= 0.3 is 5.97 Å². The standard InChI is InChI=1S/C19H19N3O4S/c1-4-14-17(12(3)26-22-14)18(24)25-9-16(23)21-19-20-15(10-27-19)13-7-5-11(2)6-8-13/h5-8,10H,4,9H2,1-3H3,(H,20,21,23). The molecule has 2 aromatic heterocycles. The topological polar surface area (TPSA) is 94.3 Å². The van der Waals surface area contributed by atoms with Gasteiger partial charge in [0, 0.05) is 10.9 Å². The van der Waals surface area contributed by atoms with Gasteiger partial charge < -0.3 is 9.26 Å². The van der Waals surface area contributed by atoms with Crippen molar-refractivity contribution in [2.24, 2.45) is 0 Å². The summed E-state index contributed by atoms with van der Waals surface area (Å²) in [5.41, 5.74) is 3.71. The van der Waals surface area contributed by atoms with Gasteiger partial charge in [-0.1, -0.05) is 41.9 Å². The third-order valence-corrected chi connectivity index (χ3v) is 4.66. The first-order chi connectivity index (χ1) is 13.0. The second-order valence-corrected chi connectivity index (χ2v) is 6.80. The summed E-state index contributed by atoms with van der Waals surface area (Å²) >= 11 is 1.31. The maximum atomic E-state index is 12.2. The summed E-state index contributed by atoms with van der Waals surface area (Å²) in [5, 5.41) is 8.75. The van der Waals surface area contributed by atoms with Crippen molar-refractivity contribution in [2.45, 2.75) is 27.2 Å². The van der Waals surface area contributed by atoms with Crippen molar-refractivity contribution in [1.29, 1.82) is 0 Å². The van der Waals surface area contributed by atoms with Crippen LogP contribution in [-0.4, -0.2) is 28.6 Å². The third-order valence-electron chi connectivity index (χ3n) is 3.90. The normalized spacial score (nSPS) is 10.6. The number of aryl methyl sites for hydroxylation is 3. The number of carbonyl (C=O) groups is 2. The molecule has 2 heterocycles. The summed E-state index contributed by atoms with van der Waals surface area (Å²) < 4.78 is 10.1. The number of nitrogens with zero attached hydrogens (tertiary/aromatic N) is 2. The van der Waals surface area contributed by atoms with Crippen molar-refractivity contribution in [2.75, 3.05) is 11.9 Å². The molecular weight excluding hydrogens is 366 g/mol. The first-order valence-electron chi connectivity index (χ1n) is 8.42. The van der Waals surface area contributed by atoms with Crippen molar-refractivity contribution in [3.05, 3.63) is 52.2 Å². The van der Waals surface area contributed by atoms with Crippen LogP contribution < -0.4 is 5.32 Å². The Bertz CT molecular complexity index is 960. The number of thiazole rings is 1. The number of anilines is 1. The molecule has 0 aliphatic heterocycles. The summed E-state index contributed by atoms with van der Waals surface area (Å²) in [5.74, 6) is -0.708. The molecule has 0 saturated carbocycles. The lowest BCUT2D eigenvalue weighted by Gasteiger charge is -2.04. The van der Waals surface area contributed by atoms with Crippen molar-refractivity contribution >= 4 is 28.3 Å². The Labute approximate surface area is 160 Å². The highest BCUT2D eigenvalue weighted by atomic mass is 32.1. The van der Waals surface area contributed by atoms with Gasteiger partial charge in [0.25, 0.3) is 5.91 Å². The highest BCUT2D eigenvalue weighted by Crippen LogP contribution is 2.25. The van der Waals surface area contributed by atoms with E-state index >= 15 is 0 Å². The van der Waals surface area contributed by atoms with Crippen molar-refractivity contribution in [1.82, 2.24) is 10.1 Å². The molecule has 27 heavy (non-hydrogen) atoms. The molecular formula is C19H19N3O4S. The van der Waals surface area contributed by atoms with E-state index in [-0.39, 0.29) is 5.56 Å². The quantitative estimate of drug-likeness (QED) is 0.649. The molecule has 0 saturated heterocycles. The Balaban J connectivity index is 1.57. The van der Waals surface area contributed by atoms with Crippen molar-refractivity contribution in [3.63, 3.8) is 0 Å². The van der Waals surface area contributed by atoms with Gasteiger partial charge in [-0.2, -0.15) is 0 Å². The summed E-state index contributed by atoms with van der Waals surface area (Å²) in [6.45, 7) is 5.09. The van der Waals surface area contributed by atoms with E-state index in [4.69, 9.17) is 9.26 Å². The Morgan fingerprint density at radius 1 is 1.22 bits per heavy atom. The van der Waals surface area contributed by atoms with Gasteiger partial charge in [-0.05, 0) is 20.3 Å². The van der Waals surface area contributed by atoms with Gasteiger partial charge in [-0.15, -0.1) is 11.3 Å². The lowest BCUT2D eigenvalue weighted by molar-refractivity contribution is -0.119. The van der Waals surface area contributed by atoms with E-state index in [0.29, 0.717) is 23.0 Å². The SMILES string of the molecule is CCc1noc(C)c1C(=O)OCC(=O)Nc1nc(-c2ccc(C)cc2)cs1. The van der Waals surface area contributed by atoms with Gasteiger partial charge in [0.1, 0.15) is 11.3 Å². The number of benzene rings is 1. The van der Waals surface area contributed by atoms with Crippen molar-refractivity contribution in [3.8, 4) is 11.3 Å². The fourth-order valence-electron chi connectivity index (χ4n) is 2.47. The van der Waals surface area contributed by atoms with Gasteiger partial charge in [0.05, 0.1) is 11.4 Å². The third kappa shape index (κ3) is 4.40. The highest BCUT2D eigenvalue weighted by Gasteiger charge is 2.21. The number of aromatic nitrogens is 2. The van der Waals surface area contributed by atoms with Gasteiger partial charge in [0.2, 0.25) is 0 Å². The molecule has 0 spiro atoms. The molecule has 0 fully saturated rings. The zero-order valence-electron chi connectivity index (χ0n) is 15.2. The smallest absolute Gasteiger partial charge is 0.344 e. The van der Waals surface area contributed by atoms with Gasteiger partial charge in [-0.3, -0.25) is 10.1 Å². The summed E-state index contributed by atoms with van der Waals surface area (Å²) in [6, 6.07) is 7.96. The zero-order valence-corrected chi connectivity index (χ0v) is 16.1. The lowest BCUT2D eigenvalue weighted by atomic mass is 10.1. The number of carbonyl (C=O) groups excluding carboxylic acids is 2. The van der Waals surface area contributed by atoms with Gasteiger partial charge in [-0.25, -0.2) is 9.78 Å². The Morgan fingerprint density at radius 3 is 2.67 bits per heavy atom. The second-order valence-electron chi connectivity index (χ2n) is 5.94. The van der Waals surface area contributed by atoms with Crippen LogP contribution in [0, 0.1) is 13.8 Å². The first kappa shape index (κ1) is 18.8. The molecule has 7 nitrogen and oxygen atoms in total. The van der Waals surface area contributed by atoms with Crippen LogP contribution in [0.2, 0.25) is 0 Å². The average Bonchev–Trinajstić information content (AvgIpc) is 3.26. The first-order valence-corrected chi connectivity index (χ1v) is 9.30. The fourth-order valence-corrected chi connectivity index (χ4v) is 3.20. The number of hydrogen-bond acceptors (Lipinski definition) is 7. The Morgan fingerprint density at radius 2 is 1.96 bits per heavy atom. The number of hydrogen-bond donors (Lipinski definition) is 1. The number of ether oxygens (including phenoxy) is 1. The fraction of sp³-hybridized carbons (Fsp3) is 0.263. The highest BCUT2D eigenvalue weighted by molar-refractivity contribution is 7.14. The molecule has 3 aromatic rings. The van der Waals surface area contributed by atoms with E-state index in [2.05, 4.69) is 15.5 Å². The molecule has 0 unspecified atom stereocenters. The lowest BCUT2D eigenvalue weighted by Crippen LogP contribution is -2.21. The van der Waals surface area contributed by atoms with E-state index in [1.165, 1.54) is 16.9 Å². The molecule has 0 radical (unpaired) electrons. The number of esters is 1. The van der Waals surface area contributed by atoms with E-state index in [0.717, 1.165) is 11.3 Å². The molecule has 1 amide bonds. The molecule has 1 N–H and O–H groups in total. The van der Waals surface area contributed by atoms with Crippen molar-refractivity contribution < 1.29 is 18.8 Å². The van der Waals surface area contributed by atoms with Crippen LogP contribution in [-0.2, 0) is 16.0 Å².